The van der Waals surface area contributed by atoms with Crippen LogP contribution in [-0.4, -0.2) is 12.8 Å². The number of alkyl halides is 3. The van der Waals surface area contributed by atoms with Crippen molar-refractivity contribution in [2.75, 3.05) is 6.61 Å². The third-order valence-electron chi connectivity index (χ3n) is 6.79. The number of aryl methyl sites for hydroxylation is 5. The first kappa shape index (κ1) is 28.5. The largest absolute Gasteiger partial charge is 0.481 e. The molecule has 39 heavy (non-hydrogen) atoms. The van der Waals surface area contributed by atoms with E-state index in [1.165, 1.54) is 6.07 Å². The molecule has 0 bridgehead atoms. The number of halogens is 6. The number of rotatable bonds is 11. The second-order valence-corrected chi connectivity index (χ2v) is 9.79. The zero-order valence-electron chi connectivity index (χ0n) is 21.7. The Morgan fingerprint density at radius 2 is 1.26 bits per heavy atom. The second kappa shape index (κ2) is 12.6. The zero-order chi connectivity index (χ0) is 28.0. The highest BCUT2D eigenvalue weighted by Gasteiger charge is 2.29. The predicted octanol–water partition coefficient (Wildman–Crippen LogP) is 9.11. The van der Waals surface area contributed by atoms with Crippen LogP contribution in [0.1, 0.15) is 47.6 Å². The fourth-order valence-corrected chi connectivity index (χ4v) is 4.60. The van der Waals surface area contributed by atoms with E-state index in [1.807, 2.05) is 30.3 Å². The molecule has 0 unspecified atom stereocenters. The molecule has 0 N–H and O–H groups in total. The van der Waals surface area contributed by atoms with Crippen molar-refractivity contribution in [1.82, 2.24) is 0 Å². The van der Waals surface area contributed by atoms with E-state index in [0.29, 0.717) is 47.8 Å². The zero-order valence-corrected chi connectivity index (χ0v) is 21.7. The van der Waals surface area contributed by atoms with E-state index in [0.717, 1.165) is 47.9 Å². The van der Waals surface area contributed by atoms with Gasteiger partial charge in [0.15, 0.2) is 18.2 Å². The van der Waals surface area contributed by atoms with Gasteiger partial charge in [-0.25, -0.2) is 13.2 Å². The van der Waals surface area contributed by atoms with Gasteiger partial charge >= 0.3 is 6.18 Å². The molecule has 0 aliphatic rings. The van der Waals surface area contributed by atoms with Gasteiger partial charge in [0.25, 0.3) is 0 Å². The van der Waals surface area contributed by atoms with Crippen LogP contribution in [0.2, 0.25) is 0 Å². The SMILES string of the molecule is CCCCc1ccc(CCc2ccc3c(F)c(CCc4ccc(OCC(F)(F)F)c(F)c4)ccc3c2)c(F)c1. The lowest BCUT2D eigenvalue weighted by Crippen LogP contribution is -2.19. The van der Waals surface area contributed by atoms with Crippen LogP contribution in [0, 0.1) is 17.5 Å². The molecule has 4 rings (SSSR count). The lowest BCUT2D eigenvalue weighted by molar-refractivity contribution is -0.153. The van der Waals surface area contributed by atoms with Crippen molar-refractivity contribution in [3.8, 4) is 5.75 Å². The van der Waals surface area contributed by atoms with Gasteiger partial charge in [0.2, 0.25) is 0 Å². The van der Waals surface area contributed by atoms with Crippen LogP contribution in [0.25, 0.3) is 10.8 Å². The molecular formula is C32H30F6O. The molecule has 0 atom stereocenters. The predicted molar refractivity (Wildman–Crippen MR) is 142 cm³/mol. The van der Waals surface area contributed by atoms with Gasteiger partial charge in [-0.3, -0.25) is 0 Å². The quantitative estimate of drug-likeness (QED) is 0.171. The van der Waals surface area contributed by atoms with Crippen molar-refractivity contribution in [3.63, 3.8) is 0 Å². The Morgan fingerprint density at radius 1 is 0.641 bits per heavy atom. The highest BCUT2D eigenvalue weighted by molar-refractivity contribution is 5.84. The average Bonchev–Trinajstić information content (AvgIpc) is 2.90. The van der Waals surface area contributed by atoms with E-state index >= 15 is 4.39 Å². The minimum atomic E-state index is -4.56. The minimum Gasteiger partial charge on any atom is -0.481 e. The van der Waals surface area contributed by atoms with E-state index in [4.69, 9.17) is 0 Å². The van der Waals surface area contributed by atoms with Crippen molar-refractivity contribution < 1.29 is 31.1 Å². The van der Waals surface area contributed by atoms with Gasteiger partial charge in [-0.15, -0.1) is 0 Å². The molecule has 0 aliphatic carbocycles. The van der Waals surface area contributed by atoms with Gasteiger partial charge in [0.1, 0.15) is 11.6 Å². The smallest absolute Gasteiger partial charge is 0.422 e. The maximum Gasteiger partial charge on any atom is 0.422 e. The van der Waals surface area contributed by atoms with Gasteiger partial charge in [-0.2, -0.15) is 13.2 Å². The Kier molecular flexibility index (Phi) is 9.20. The normalized spacial score (nSPS) is 11.8. The van der Waals surface area contributed by atoms with Gasteiger partial charge in [-0.1, -0.05) is 61.9 Å². The third kappa shape index (κ3) is 7.78. The second-order valence-electron chi connectivity index (χ2n) is 9.79. The third-order valence-corrected chi connectivity index (χ3v) is 6.79. The Labute approximate surface area is 224 Å². The first-order valence-corrected chi connectivity index (χ1v) is 13.1. The van der Waals surface area contributed by atoms with Gasteiger partial charge in [0.05, 0.1) is 0 Å². The summed E-state index contributed by atoms with van der Waals surface area (Å²) in [4.78, 5) is 0. The Morgan fingerprint density at radius 3 is 1.95 bits per heavy atom. The van der Waals surface area contributed by atoms with Crippen LogP contribution in [0.15, 0.2) is 66.7 Å². The number of fused-ring (bicyclic) bond motifs is 1. The molecule has 206 valence electrons. The summed E-state index contributed by atoms with van der Waals surface area (Å²) in [5.41, 5.74) is 3.62. The van der Waals surface area contributed by atoms with Gasteiger partial charge in [-0.05, 0) is 89.9 Å². The summed E-state index contributed by atoms with van der Waals surface area (Å²) in [6, 6.07) is 18.2. The Hall–Kier alpha value is -3.48. The number of ether oxygens (including phenoxy) is 1. The molecular weight excluding hydrogens is 514 g/mol. The summed E-state index contributed by atoms with van der Waals surface area (Å²) in [6.07, 6.45) is 0.171. The summed E-state index contributed by atoms with van der Waals surface area (Å²) in [7, 11) is 0. The monoisotopic (exact) mass is 544 g/mol. The number of benzene rings is 4. The standard InChI is InChI=1S/C32H30F6O/c1-2-3-4-21-5-10-24(28(33)18-21)11-6-22-8-15-27-26(17-22)14-13-25(31(27)35)12-7-23-9-16-30(29(34)19-23)39-20-32(36,37)38/h5,8-10,13-19H,2-4,6-7,11-12,20H2,1H3. The van der Waals surface area contributed by atoms with Gasteiger partial charge in [0, 0.05) is 5.39 Å². The van der Waals surface area contributed by atoms with E-state index in [1.54, 1.807) is 18.2 Å². The van der Waals surface area contributed by atoms with Crippen LogP contribution in [0.4, 0.5) is 26.3 Å². The fraction of sp³-hybridized carbons (Fsp3) is 0.312. The van der Waals surface area contributed by atoms with E-state index in [2.05, 4.69) is 11.7 Å². The molecule has 0 radical (unpaired) electrons. The van der Waals surface area contributed by atoms with E-state index in [9.17, 15) is 22.0 Å². The minimum absolute atomic E-state index is 0.191. The molecule has 0 amide bonds. The molecule has 0 fully saturated rings. The summed E-state index contributed by atoms with van der Waals surface area (Å²) in [5.74, 6) is -1.92. The molecule has 0 spiro atoms. The molecule has 4 aromatic rings. The number of hydrogen-bond acceptors (Lipinski definition) is 1. The van der Waals surface area contributed by atoms with Crippen molar-refractivity contribution >= 4 is 10.8 Å². The van der Waals surface area contributed by atoms with Crippen LogP contribution in [0.5, 0.6) is 5.75 Å². The fourth-order valence-electron chi connectivity index (χ4n) is 4.60. The average molecular weight is 545 g/mol. The summed E-state index contributed by atoms with van der Waals surface area (Å²) < 4.78 is 85.3. The van der Waals surface area contributed by atoms with Crippen molar-refractivity contribution in [1.29, 1.82) is 0 Å². The first-order chi connectivity index (χ1) is 18.6. The number of hydrogen-bond donors (Lipinski definition) is 0. The van der Waals surface area contributed by atoms with Crippen LogP contribution in [-0.2, 0) is 32.1 Å². The molecule has 0 heterocycles. The van der Waals surface area contributed by atoms with Crippen molar-refractivity contribution in [3.05, 3.63) is 112 Å². The summed E-state index contributed by atoms with van der Waals surface area (Å²) in [5, 5.41) is 1.20. The molecule has 7 heteroatoms. The molecule has 0 saturated carbocycles. The van der Waals surface area contributed by atoms with E-state index in [-0.39, 0.29) is 11.6 Å². The van der Waals surface area contributed by atoms with Crippen molar-refractivity contribution in [2.45, 2.75) is 58.0 Å². The lowest BCUT2D eigenvalue weighted by Gasteiger charge is -2.11. The first-order valence-electron chi connectivity index (χ1n) is 13.1. The maximum atomic E-state index is 15.2. The molecule has 0 saturated heterocycles. The van der Waals surface area contributed by atoms with Crippen LogP contribution in [0.3, 0.4) is 0 Å². The highest BCUT2D eigenvalue weighted by Crippen LogP contribution is 2.26. The van der Waals surface area contributed by atoms with Crippen LogP contribution < -0.4 is 4.74 Å². The number of unbranched alkanes of at least 4 members (excludes halogenated alkanes) is 1. The summed E-state index contributed by atoms with van der Waals surface area (Å²) >= 11 is 0. The molecule has 4 aromatic carbocycles. The van der Waals surface area contributed by atoms with Crippen LogP contribution >= 0.6 is 0 Å². The maximum absolute atomic E-state index is 15.2. The highest BCUT2D eigenvalue weighted by atomic mass is 19.4. The molecule has 0 aromatic heterocycles. The Bertz CT molecular complexity index is 1430. The molecule has 0 aliphatic heterocycles. The van der Waals surface area contributed by atoms with Crippen molar-refractivity contribution in [2.24, 2.45) is 0 Å². The summed E-state index contributed by atoms with van der Waals surface area (Å²) in [6.45, 7) is 0.533. The Balaban J connectivity index is 1.38. The van der Waals surface area contributed by atoms with Gasteiger partial charge < -0.3 is 4.74 Å². The van der Waals surface area contributed by atoms with E-state index < -0.39 is 24.3 Å². The lowest BCUT2D eigenvalue weighted by atomic mass is 9.97. The molecule has 1 nitrogen and oxygen atoms in total. The topological polar surface area (TPSA) is 9.23 Å².